The fourth-order valence-corrected chi connectivity index (χ4v) is 3.46. The second kappa shape index (κ2) is 7.61. The first-order chi connectivity index (χ1) is 9.38. The lowest BCUT2D eigenvalue weighted by atomic mass is 10.2. The van der Waals surface area contributed by atoms with Crippen LogP contribution in [0.1, 0.15) is 36.0 Å². The van der Waals surface area contributed by atoms with Gasteiger partial charge in [-0.3, -0.25) is 0 Å². The molecule has 0 heterocycles. The molecule has 0 saturated heterocycles. The number of benzene rings is 1. The lowest BCUT2D eigenvalue weighted by Gasteiger charge is -2.06. The second-order valence-corrected chi connectivity index (χ2v) is 6.92. The standard InChI is InChI=1S/C13H17ClO5S/c14-12-9-10(5-6-11(12)13(16)17)20(18,19)8-4-2-1-3-7-15/h5-6,9,15H,1-4,7-8H2,(H,16,17). The Bertz CT molecular complexity index is 568. The third kappa shape index (κ3) is 4.77. The van der Waals surface area contributed by atoms with E-state index >= 15 is 0 Å². The van der Waals surface area contributed by atoms with Crippen molar-refractivity contribution in [2.24, 2.45) is 0 Å². The van der Waals surface area contributed by atoms with E-state index in [0.29, 0.717) is 12.8 Å². The maximum Gasteiger partial charge on any atom is 0.337 e. The zero-order valence-corrected chi connectivity index (χ0v) is 12.5. The molecule has 0 radical (unpaired) electrons. The van der Waals surface area contributed by atoms with Crippen LogP contribution in [0.3, 0.4) is 0 Å². The van der Waals surface area contributed by atoms with E-state index in [1.54, 1.807) is 0 Å². The highest BCUT2D eigenvalue weighted by Gasteiger charge is 2.17. The molecule has 0 saturated carbocycles. The maximum absolute atomic E-state index is 12.0. The summed E-state index contributed by atoms with van der Waals surface area (Å²) in [6.07, 6.45) is 2.67. The Morgan fingerprint density at radius 1 is 1.15 bits per heavy atom. The first kappa shape index (κ1) is 16.9. The van der Waals surface area contributed by atoms with E-state index in [0.717, 1.165) is 12.8 Å². The molecule has 0 aliphatic carbocycles. The van der Waals surface area contributed by atoms with Gasteiger partial charge in [-0.15, -0.1) is 0 Å². The SMILES string of the molecule is O=C(O)c1ccc(S(=O)(=O)CCCCCCO)cc1Cl. The van der Waals surface area contributed by atoms with E-state index in [1.165, 1.54) is 18.2 Å². The van der Waals surface area contributed by atoms with Crippen molar-refractivity contribution in [1.82, 2.24) is 0 Å². The van der Waals surface area contributed by atoms with Crippen molar-refractivity contribution in [3.8, 4) is 0 Å². The van der Waals surface area contributed by atoms with Crippen molar-refractivity contribution in [2.75, 3.05) is 12.4 Å². The summed E-state index contributed by atoms with van der Waals surface area (Å²) in [5.41, 5.74) is -0.117. The Balaban J connectivity index is 2.73. The molecule has 0 aliphatic heterocycles. The van der Waals surface area contributed by atoms with Gasteiger partial charge >= 0.3 is 5.97 Å². The molecule has 7 heteroatoms. The van der Waals surface area contributed by atoms with E-state index in [9.17, 15) is 13.2 Å². The summed E-state index contributed by atoms with van der Waals surface area (Å²) in [7, 11) is -3.45. The van der Waals surface area contributed by atoms with Crippen LogP contribution in [0.15, 0.2) is 23.1 Å². The molecular formula is C13H17ClO5S. The van der Waals surface area contributed by atoms with E-state index in [4.69, 9.17) is 21.8 Å². The third-order valence-electron chi connectivity index (χ3n) is 2.85. The van der Waals surface area contributed by atoms with Crippen molar-refractivity contribution in [2.45, 2.75) is 30.6 Å². The number of hydrogen-bond donors (Lipinski definition) is 2. The van der Waals surface area contributed by atoms with Gasteiger partial charge < -0.3 is 10.2 Å². The molecule has 0 fully saturated rings. The van der Waals surface area contributed by atoms with Gasteiger partial charge in [0.15, 0.2) is 9.84 Å². The van der Waals surface area contributed by atoms with Gasteiger partial charge in [-0.25, -0.2) is 13.2 Å². The number of carbonyl (C=O) groups is 1. The number of sulfone groups is 1. The lowest BCUT2D eigenvalue weighted by molar-refractivity contribution is 0.0697. The molecular weight excluding hydrogens is 304 g/mol. The summed E-state index contributed by atoms with van der Waals surface area (Å²) >= 11 is 5.76. The summed E-state index contributed by atoms with van der Waals surface area (Å²) in [5, 5.41) is 17.4. The number of aliphatic hydroxyl groups excluding tert-OH is 1. The fraction of sp³-hybridized carbons (Fsp3) is 0.462. The number of carboxylic acid groups (broad SMARTS) is 1. The van der Waals surface area contributed by atoms with Gasteiger partial charge in [0.05, 0.1) is 21.2 Å². The number of unbranched alkanes of at least 4 members (excludes halogenated alkanes) is 3. The fourth-order valence-electron chi connectivity index (χ4n) is 1.74. The Kier molecular flexibility index (Phi) is 6.45. The zero-order chi connectivity index (χ0) is 15.2. The summed E-state index contributed by atoms with van der Waals surface area (Å²) < 4.78 is 24.1. The molecule has 1 aromatic carbocycles. The minimum absolute atomic E-state index is 0.0127. The van der Waals surface area contributed by atoms with Gasteiger partial charge in [-0.05, 0) is 31.0 Å². The second-order valence-electron chi connectivity index (χ2n) is 4.40. The van der Waals surface area contributed by atoms with Crippen molar-refractivity contribution < 1.29 is 23.4 Å². The predicted octanol–water partition coefficient (Wildman–Crippen LogP) is 2.36. The van der Waals surface area contributed by atoms with Crippen LogP contribution in [-0.4, -0.2) is 37.0 Å². The summed E-state index contributed by atoms with van der Waals surface area (Å²) in [6, 6.07) is 3.63. The quantitative estimate of drug-likeness (QED) is 0.717. The number of hydrogen-bond acceptors (Lipinski definition) is 4. The van der Waals surface area contributed by atoms with Crippen LogP contribution < -0.4 is 0 Å². The topological polar surface area (TPSA) is 91.7 Å². The lowest BCUT2D eigenvalue weighted by Crippen LogP contribution is -2.08. The van der Waals surface area contributed by atoms with E-state index in [-0.39, 0.29) is 27.8 Å². The highest BCUT2D eigenvalue weighted by atomic mass is 35.5. The largest absolute Gasteiger partial charge is 0.478 e. The van der Waals surface area contributed by atoms with Crippen LogP contribution >= 0.6 is 11.6 Å². The van der Waals surface area contributed by atoms with Crippen molar-refractivity contribution in [1.29, 1.82) is 0 Å². The third-order valence-corrected chi connectivity index (χ3v) is 4.96. The Morgan fingerprint density at radius 2 is 1.80 bits per heavy atom. The molecule has 0 atom stereocenters. The van der Waals surface area contributed by atoms with Crippen molar-refractivity contribution >= 4 is 27.4 Å². The first-order valence-electron chi connectivity index (χ1n) is 6.25. The van der Waals surface area contributed by atoms with Crippen LogP contribution in [0.25, 0.3) is 0 Å². The number of carboxylic acids is 1. The van der Waals surface area contributed by atoms with Gasteiger partial charge in [0.1, 0.15) is 0 Å². The average molecular weight is 321 g/mol. The predicted molar refractivity (Wildman–Crippen MR) is 76.0 cm³/mol. The van der Waals surface area contributed by atoms with Crippen molar-refractivity contribution in [3.05, 3.63) is 28.8 Å². The molecule has 0 bridgehead atoms. The first-order valence-corrected chi connectivity index (χ1v) is 8.28. The normalized spacial score (nSPS) is 11.5. The highest BCUT2D eigenvalue weighted by Crippen LogP contribution is 2.22. The van der Waals surface area contributed by atoms with Crippen LogP contribution in [-0.2, 0) is 9.84 Å². The summed E-state index contributed by atoms with van der Waals surface area (Å²) in [5.74, 6) is -1.20. The van der Waals surface area contributed by atoms with Gasteiger partial charge in [0, 0.05) is 6.61 Å². The molecule has 5 nitrogen and oxygen atoms in total. The molecule has 0 aromatic heterocycles. The van der Waals surface area contributed by atoms with Gasteiger partial charge in [0.2, 0.25) is 0 Å². The molecule has 112 valence electrons. The number of aromatic carboxylic acids is 1. The van der Waals surface area contributed by atoms with E-state index < -0.39 is 15.8 Å². The summed E-state index contributed by atoms with van der Waals surface area (Å²) in [6.45, 7) is 0.110. The molecule has 0 aliphatic rings. The number of halogens is 1. The highest BCUT2D eigenvalue weighted by molar-refractivity contribution is 7.91. The number of aliphatic hydroxyl groups is 1. The Labute approximate surface area is 123 Å². The maximum atomic E-state index is 12.0. The minimum Gasteiger partial charge on any atom is -0.478 e. The van der Waals surface area contributed by atoms with Crippen LogP contribution in [0, 0.1) is 0 Å². The Hall–Kier alpha value is -1.11. The zero-order valence-electron chi connectivity index (χ0n) is 10.9. The van der Waals surface area contributed by atoms with Gasteiger partial charge in [-0.2, -0.15) is 0 Å². The van der Waals surface area contributed by atoms with Crippen LogP contribution in [0.2, 0.25) is 5.02 Å². The molecule has 2 N–H and O–H groups in total. The van der Waals surface area contributed by atoms with Gasteiger partial charge in [0.25, 0.3) is 0 Å². The van der Waals surface area contributed by atoms with Gasteiger partial charge in [-0.1, -0.05) is 24.4 Å². The average Bonchev–Trinajstić information content (AvgIpc) is 2.37. The van der Waals surface area contributed by atoms with Crippen LogP contribution in [0.5, 0.6) is 0 Å². The van der Waals surface area contributed by atoms with Crippen LogP contribution in [0.4, 0.5) is 0 Å². The monoisotopic (exact) mass is 320 g/mol. The van der Waals surface area contributed by atoms with E-state index in [1.807, 2.05) is 0 Å². The molecule has 0 amide bonds. The van der Waals surface area contributed by atoms with Crippen molar-refractivity contribution in [3.63, 3.8) is 0 Å². The minimum atomic E-state index is -3.45. The molecule has 0 spiro atoms. The number of rotatable bonds is 8. The summed E-state index contributed by atoms with van der Waals surface area (Å²) in [4.78, 5) is 10.8. The molecule has 1 aromatic rings. The molecule has 0 unspecified atom stereocenters. The smallest absolute Gasteiger partial charge is 0.337 e. The molecule has 1 rings (SSSR count). The van der Waals surface area contributed by atoms with E-state index in [2.05, 4.69) is 0 Å². The Morgan fingerprint density at radius 3 is 2.35 bits per heavy atom. The molecule has 20 heavy (non-hydrogen) atoms.